The predicted octanol–water partition coefficient (Wildman–Crippen LogP) is 2.57. The molecule has 116 valence electrons. The summed E-state index contributed by atoms with van der Waals surface area (Å²) in [7, 11) is 1.30. The molecule has 1 amide bonds. The van der Waals surface area contributed by atoms with Gasteiger partial charge in [-0.3, -0.25) is 9.59 Å². The fraction of sp³-hybridized carbons (Fsp3) is 0.429. The zero-order chi connectivity index (χ0) is 15.8. The highest BCUT2D eigenvalue weighted by Gasteiger charge is 2.18. The summed E-state index contributed by atoms with van der Waals surface area (Å²) in [6, 6.07) is 1.59. The summed E-state index contributed by atoms with van der Waals surface area (Å²) < 4.78 is 43.5. The van der Waals surface area contributed by atoms with Crippen molar-refractivity contribution in [2.24, 2.45) is 0 Å². The smallest absolute Gasteiger partial charge is 0.305 e. The van der Waals surface area contributed by atoms with E-state index in [0.717, 1.165) is 6.07 Å². The van der Waals surface area contributed by atoms with Crippen LogP contribution in [0.3, 0.4) is 0 Å². The summed E-state index contributed by atoms with van der Waals surface area (Å²) in [5.41, 5.74) is -0.538. The van der Waals surface area contributed by atoms with Crippen molar-refractivity contribution in [1.82, 2.24) is 5.32 Å². The molecule has 0 unspecified atom stereocenters. The molecule has 1 aromatic rings. The molecule has 0 aliphatic heterocycles. The van der Waals surface area contributed by atoms with Crippen molar-refractivity contribution in [3.63, 3.8) is 0 Å². The average Bonchev–Trinajstić information content (AvgIpc) is 2.47. The van der Waals surface area contributed by atoms with E-state index in [0.29, 0.717) is 31.7 Å². The maximum Gasteiger partial charge on any atom is 0.305 e. The highest BCUT2D eigenvalue weighted by molar-refractivity contribution is 5.94. The van der Waals surface area contributed by atoms with Crippen molar-refractivity contribution in [2.75, 3.05) is 13.7 Å². The minimum atomic E-state index is -1.67. The third-order valence-corrected chi connectivity index (χ3v) is 2.85. The quantitative estimate of drug-likeness (QED) is 0.478. The number of esters is 1. The maximum atomic E-state index is 13.3. The summed E-state index contributed by atoms with van der Waals surface area (Å²) in [5, 5.41) is 2.40. The van der Waals surface area contributed by atoms with Gasteiger partial charge in [-0.15, -0.1) is 0 Å². The molecule has 0 fully saturated rings. The van der Waals surface area contributed by atoms with Crippen LogP contribution in [0, 0.1) is 17.5 Å². The van der Waals surface area contributed by atoms with Crippen molar-refractivity contribution in [1.29, 1.82) is 0 Å². The van der Waals surface area contributed by atoms with Crippen LogP contribution in [-0.4, -0.2) is 25.5 Å². The lowest BCUT2D eigenvalue weighted by molar-refractivity contribution is -0.140. The molecule has 0 saturated carbocycles. The van der Waals surface area contributed by atoms with Crippen molar-refractivity contribution in [3.8, 4) is 0 Å². The summed E-state index contributed by atoms with van der Waals surface area (Å²) in [4.78, 5) is 22.4. The predicted molar refractivity (Wildman–Crippen MR) is 69.1 cm³/mol. The number of unbranched alkanes of at least 4 members (excludes halogenated alkanes) is 2. The number of methoxy groups -OCH3 is 1. The zero-order valence-electron chi connectivity index (χ0n) is 11.5. The van der Waals surface area contributed by atoms with Gasteiger partial charge in [-0.25, -0.2) is 13.2 Å². The van der Waals surface area contributed by atoms with Crippen LogP contribution < -0.4 is 5.32 Å². The number of amides is 1. The second kappa shape index (κ2) is 8.28. The van der Waals surface area contributed by atoms with Crippen molar-refractivity contribution < 1.29 is 27.5 Å². The van der Waals surface area contributed by atoms with Gasteiger partial charge in [0.1, 0.15) is 0 Å². The maximum absolute atomic E-state index is 13.3. The largest absolute Gasteiger partial charge is 0.469 e. The zero-order valence-corrected chi connectivity index (χ0v) is 11.5. The van der Waals surface area contributed by atoms with Crippen molar-refractivity contribution in [2.45, 2.75) is 25.7 Å². The van der Waals surface area contributed by atoms with Gasteiger partial charge in [0.15, 0.2) is 17.5 Å². The number of nitrogens with one attached hydrogen (secondary N) is 1. The lowest BCUT2D eigenvalue weighted by atomic mass is 10.1. The Kier molecular flexibility index (Phi) is 6.71. The first kappa shape index (κ1) is 17.0. The highest BCUT2D eigenvalue weighted by atomic mass is 19.2. The van der Waals surface area contributed by atoms with E-state index in [9.17, 15) is 22.8 Å². The molecular formula is C14H16F3NO3. The lowest BCUT2D eigenvalue weighted by Gasteiger charge is -2.07. The van der Waals surface area contributed by atoms with E-state index in [1.165, 1.54) is 7.11 Å². The molecule has 1 rings (SSSR count). The molecule has 0 aromatic heterocycles. The Hall–Kier alpha value is -2.05. The van der Waals surface area contributed by atoms with Gasteiger partial charge in [0.2, 0.25) is 0 Å². The molecule has 1 aromatic carbocycles. The van der Waals surface area contributed by atoms with Gasteiger partial charge in [-0.2, -0.15) is 0 Å². The molecule has 0 saturated heterocycles. The van der Waals surface area contributed by atoms with Crippen LogP contribution in [0.1, 0.15) is 36.0 Å². The summed E-state index contributed by atoms with van der Waals surface area (Å²) in [5.74, 6) is -5.62. The van der Waals surface area contributed by atoms with E-state index in [1.807, 2.05) is 0 Å². The van der Waals surface area contributed by atoms with Crippen LogP contribution in [0.5, 0.6) is 0 Å². The van der Waals surface area contributed by atoms with Crippen molar-refractivity contribution in [3.05, 3.63) is 35.1 Å². The molecule has 21 heavy (non-hydrogen) atoms. The van der Waals surface area contributed by atoms with Gasteiger partial charge < -0.3 is 10.1 Å². The molecule has 0 radical (unpaired) electrons. The molecule has 0 heterocycles. The third-order valence-electron chi connectivity index (χ3n) is 2.85. The van der Waals surface area contributed by atoms with Gasteiger partial charge in [-0.05, 0) is 25.0 Å². The van der Waals surface area contributed by atoms with Gasteiger partial charge in [0.05, 0.1) is 12.7 Å². The molecule has 0 atom stereocenters. The molecule has 7 heteroatoms. The van der Waals surface area contributed by atoms with Crippen LogP contribution in [-0.2, 0) is 9.53 Å². The Morgan fingerprint density at radius 3 is 2.48 bits per heavy atom. The van der Waals surface area contributed by atoms with E-state index in [2.05, 4.69) is 10.1 Å². The molecular weight excluding hydrogens is 287 g/mol. The Morgan fingerprint density at radius 2 is 1.81 bits per heavy atom. The summed E-state index contributed by atoms with van der Waals surface area (Å²) >= 11 is 0. The van der Waals surface area contributed by atoms with Crippen LogP contribution in [0.4, 0.5) is 13.2 Å². The number of hydrogen-bond acceptors (Lipinski definition) is 3. The van der Waals surface area contributed by atoms with Gasteiger partial charge in [0, 0.05) is 13.0 Å². The van der Waals surface area contributed by atoms with E-state index >= 15 is 0 Å². The molecule has 0 bridgehead atoms. The number of carbonyl (C=O) groups is 2. The fourth-order valence-electron chi connectivity index (χ4n) is 1.67. The standard InChI is InChI=1S/C14H16F3NO3/c1-21-11(19)5-3-2-4-8-18-14(20)9-6-7-10(15)13(17)12(9)16/h6-7H,2-5,8H2,1H3,(H,18,20). The number of halogens is 3. The van der Waals surface area contributed by atoms with Gasteiger partial charge in [-0.1, -0.05) is 6.42 Å². The first-order valence-corrected chi connectivity index (χ1v) is 6.46. The minimum absolute atomic E-state index is 0.248. The summed E-state index contributed by atoms with van der Waals surface area (Å²) in [6.07, 6.45) is 2.16. The van der Waals surface area contributed by atoms with E-state index in [-0.39, 0.29) is 12.5 Å². The number of ether oxygens (including phenoxy) is 1. The SMILES string of the molecule is COC(=O)CCCCCNC(=O)c1ccc(F)c(F)c1F. The van der Waals surface area contributed by atoms with Crippen LogP contribution >= 0.6 is 0 Å². The molecule has 4 nitrogen and oxygen atoms in total. The van der Waals surface area contributed by atoms with Crippen LogP contribution in [0.25, 0.3) is 0 Å². The Balaban J connectivity index is 2.35. The van der Waals surface area contributed by atoms with Gasteiger partial charge >= 0.3 is 5.97 Å². The van der Waals surface area contributed by atoms with E-state index in [4.69, 9.17) is 0 Å². The van der Waals surface area contributed by atoms with Gasteiger partial charge in [0.25, 0.3) is 5.91 Å². The first-order valence-electron chi connectivity index (χ1n) is 6.46. The first-order chi connectivity index (χ1) is 9.97. The average molecular weight is 303 g/mol. The molecule has 0 spiro atoms. The van der Waals surface area contributed by atoms with E-state index < -0.39 is 28.9 Å². The number of rotatable bonds is 7. The normalized spacial score (nSPS) is 10.3. The Bertz CT molecular complexity index is 520. The van der Waals surface area contributed by atoms with Crippen LogP contribution in [0.15, 0.2) is 12.1 Å². The fourth-order valence-corrected chi connectivity index (χ4v) is 1.67. The second-order valence-electron chi connectivity index (χ2n) is 4.37. The monoisotopic (exact) mass is 303 g/mol. The van der Waals surface area contributed by atoms with Crippen LogP contribution in [0.2, 0.25) is 0 Å². The molecule has 0 aliphatic rings. The number of carbonyl (C=O) groups excluding carboxylic acids is 2. The topological polar surface area (TPSA) is 55.4 Å². The minimum Gasteiger partial charge on any atom is -0.469 e. The molecule has 0 aliphatic carbocycles. The second-order valence-corrected chi connectivity index (χ2v) is 4.37. The highest BCUT2D eigenvalue weighted by Crippen LogP contribution is 2.15. The Morgan fingerprint density at radius 1 is 1.10 bits per heavy atom. The third kappa shape index (κ3) is 5.09. The van der Waals surface area contributed by atoms with E-state index in [1.54, 1.807) is 0 Å². The summed E-state index contributed by atoms with van der Waals surface area (Å²) in [6.45, 7) is 0.248. The Labute approximate surface area is 120 Å². The molecule has 1 N–H and O–H groups in total. The number of hydrogen-bond donors (Lipinski definition) is 1. The lowest BCUT2D eigenvalue weighted by Crippen LogP contribution is -2.26. The van der Waals surface area contributed by atoms with Crippen molar-refractivity contribution >= 4 is 11.9 Å². The number of benzene rings is 1.